The third-order valence-electron chi connectivity index (χ3n) is 5.78. The number of carbonyl (C=O) groups is 1. The van der Waals surface area contributed by atoms with E-state index >= 15 is 0 Å². The van der Waals surface area contributed by atoms with E-state index in [1.165, 1.54) is 35.2 Å². The summed E-state index contributed by atoms with van der Waals surface area (Å²) in [5, 5.41) is 21.2. The van der Waals surface area contributed by atoms with E-state index < -0.39 is 22.6 Å². The Hall–Kier alpha value is -4.13. The smallest absolute Gasteiger partial charge is 0.384 e. The summed E-state index contributed by atoms with van der Waals surface area (Å²) < 4.78 is 39.1. The molecule has 1 aliphatic carbocycles. The minimum absolute atomic E-state index is 0.00438. The van der Waals surface area contributed by atoms with Gasteiger partial charge < -0.3 is 5.73 Å². The average molecular weight is 454 g/mol. The molecule has 1 aliphatic heterocycles. The van der Waals surface area contributed by atoms with Crippen LogP contribution in [0.2, 0.25) is 0 Å². The summed E-state index contributed by atoms with van der Waals surface area (Å²) in [6, 6.07) is 12.0. The molecule has 0 fully saturated rings. The lowest BCUT2D eigenvalue weighted by Gasteiger charge is -2.39. The van der Waals surface area contributed by atoms with Crippen LogP contribution in [0.25, 0.3) is 0 Å². The molecule has 0 saturated carbocycles. The van der Waals surface area contributed by atoms with Crippen molar-refractivity contribution in [3.8, 4) is 6.07 Å². The highest BCUT2D eigenvalue weighted by Gasteiger charge is 2.41. The second-order valence-electron chi connectivity index (χ2n) is 7.71. The van der Waals surface area contributed by atoms with Crippen LogP contribution < -0.4 is 10.6 Å². The fraction of sp³-hybridized carbons (Fsp3) is 0.217. The molecule has 2 aromatic carbocycles. The van der Waals surface area contributed by atoms with Gasteiger partial charge in [0.05, 0.1) is 33.7 Å². The zero-order valence-electron chi connectivity index (χ0n) is 17.1. The van der Waals surface area contributed by atoms with E-state index in [2.05, 4.69) is 0 Å². The summed E-state index contributed by atoms with van der Waals surface area (Å²) in [5.74, 6) is -1.18. The standard InChI is InChI=1S/C23H17F3N4O3/c24-23(25,26)14-9-7-13(8-10-14)20-17(12-27)22(28)29(18-5-2-6-19(31)21(18)20)15-3-1-4-16(11-15)30(32)33/h1,3-4,7-11,20H,2,5-6,28H2/t20-/m1/s1. The number of Topliss-reactive ketones (excluding diaryl/α,β-unsaturated/α-hetero) is 1. The van der Waals surface area contributed by atoms with Crippen molar-refractivity contribution in [1.82, 2.24) is 0 Å². The van der Waals surface area contributed by atoms with Crippen molar-refractivity contribution >= 4 is 17.2 Å². The summed E-state index contributed by atoms with van der Waals surface area (Å²) in [7, 11) is 0. The Morgan fingerprint density at radius 3 is 2.45 bits per heavy atom. The maximum Gasteiger partial charge on any atom is 0.416 e. The first-order valence-corrected chi connectivity index (χ1v) is 10.0. The zero-order valence-corrected chi connectivity index (χ0v) is 17.1. The number of halogens is 3. The van der Waals surface area contributed by atoms with Gasteiger partial charge in [0.25, 0.3) is 5.69 Å². The lowest BCUT2D eigenvalue weighted by molar-refractivity contribution is -0.384. The van der Waals surface area contributed by atoms with Crippen molar-refractivity contribution in [1.29, 1.82) is 5.26 Å². The van der Waals surface area contributed by atoms with Gasteiger partial charge in [0.15, 0.2) is 5.78 Å². The molecule has 2 N–H and O–H groups in total. The summed E-state index contributed by atoms with van der Waals surface area (Å²) in [4.78, 5) is 25.2. The number of non-ortho nitro benzene ring substituents is 1. The number of alkyl halides is 3. The Labute approximate surface area is 186 Å². The van der Waals surface area contributed by atoms with Crippen molar-refractivity contribution in [2.45, 2.75) is 31.4 Å². The molecule has 0 unspecified atom stereocenters. The third kappa shape index (κ3) is 3.82. The molecule has 10 heteroatoms. The zero-order chi connectivity index (χ0) is 23.9. The Morgan fingerprint density at radius 2 is 1.85 bits per heavy atom. The molecule has 0 aromatic heterocycles. The first kappa shape index (κ1) is 22.1. The quantitative estimate of drug-likeness (QED) is 0.520. The summed E-state index contributed by atoms with van der Waals surface area (Å²) in [6.07, 6.45) is -3.38. The summed E-state index contributed by atoms with van der Waals surface area (Å²) >= 11 is 0. The van der Waals surface area contributed by atoms with Gasteiger partial charge in [0.1, 0.15) is 5.82 Å². The predicted octanol–water partition coefficient (Wildman–Crippen LogP) is 4.92. The van der Waals surface area contributed by atoms with E-state index in [1.54, 1.807) is 6.07 Å². The highest BCUT2D eigenvalue weighted by Crippen LogP contribution is 2.46. The van der Waals surface area contributed by atoms with Crippen LogP contribution in [-0.2, 0) is 11.0 Å². The molecular formula is C23H17F3N4O3. The monoisotopic (exact) mass is 454 g/mol. The fourth-order valence-electron chi connectivity index (χ4n) is 4.32. The number of ketones is 1. The minimum Gasteiger partial charge on any atom is -0.384 e. The van der Waals surface area contributed by atoms with E-state index in [0.717, 1.165) is 12.1 Å². The van der Waals surface area contributed by atoms with Crippen LogP contribution in [0.1, 0.15) is 36.3 Å². The van der Waals surface area contributed by atoms with Crippen molar-refractivity contribution in [3.05, 3.63) is 92.4 Å². The van der Waals surface area contributed by atoms with Crippen LogP contribution in [0, 0.1) is 21.4 Å². The topological polar surface area (TPSA) is 113 Å². The van der Waals surface area contributed by atoms with Gasteiger partial charge in [-0.25, -0.2) is 0 Å². The number of hydrogen-bond acceptors (Lipinski definition) is 6. The molecule has 2 aromatic rings. The normalized spacial score (nSPS) is 18.8. The van der Waals surface area contributed by atoms with Crippen LogP contribution in [-0.4, -0.2) is 10.7 Å². The molecule has 0 bridgehead atoms. The van der Waals surface area contributed by atoms with Gasteiger partial charge >= 0.3 is 6.18 Å². The van der Waals surface area contributed by atoms with Crippen LogP contribution in [0.15, 0.2) is 71.2 Å². The fourth-order valence-corrected chi connectivity index (χ4v) is 4.32. The molecule has 0 radical (unpaired) electrons. The van der Waals surface area contributed by atoms with Crippen molar-refractivity contribution in [2.24, 2.45) is 5.73 Å². The number of benzene rings is 2. The van der Waals surface area contributed by atoms with Gasteiger partial charge in [-0.15, -0.1) is 0 Å². The van der Waals surface area contributed by atoms with Crippen molar-refractivity contribution in [2.75, 3.05) is 4.90 Å². The van der Waals surface area contributed by atoms with Gasteiger partial charge in [0, 0.05) is 29.8 Å². The second-order valence-corrected chi connectivity index (χ2v) is 7.71. The van der Waals surface area contributed by atoms with Gasteiger partial charge in [0.2, 0.25) is 0 Å². The van der Waals surface area contributed by atoms with Gasteiger partial charge in [-0.1, -0.05) is 18.2 Å². The Balaban J connectivity index is 1.91. The Bertz CT molecular complexity index is 1260. The molecule has 7 nitrogen and oxygen atoms in total. The first-order chi connectivity index (χ1) is 15.6. The first-order valence-electron chi connectivity index (χ1n) is 10.0. The largest absolute Gasteiger partial charge is 0.416 e. The third-order valence-corrected chi connectivity index (χ3v) is 5.78. The maximum atomic E-state index is 13.0. The number of rotatable bonds is 3. The Morgan fingerprint density at radius 1 is 1.15 bits per heavy atom. The second kappa shape index (κ2) is 8.09. The maximum absolute atomic E-state index is 13.0. The average Bonchev–Trinajstić information content (AvgIpc) is 2.78. The summed E-state index contributed by atoms with van der Waals surface area (Å²) in [6.45, 7) is 0. The van der Waals surface area contributed by atoms with E-state index in [9.17, 15) is 33.3 Å². The molecule has 33 heavy (non-hydrogen) atoms. The van der Waals surface area contributed by atoms with E-state index in [-0.39, 0.29) is 34.9 Å². The van der Waals surface area contributed by atoms with E-state index in [4.69, 9.17) is 5.73 Å². The molecule has 0 spiro atoms. The number of nitrogens with two attached hydrogens (primary N) is 1. The summed E-state index contributed by atoms with van der Waals surface area (Å²) in [5.41, 5.74) is 6.75. The van der Waals surface area contributed by atoms with Crippen LogP contribution >= 0.6 is 0 Å². The van der Waals surface area contributed by atoms with Crippen molar-refractivity contribution in [3.63, 3.8) is 0 Å². The molecule has 4 rings (SSSR count). The SMILES string of the molecule is N#CC1=C(N)N(c2cccc([N+](=O)[O-])c2)C2=C(C(=O)CCC2)[C@@H]1c1ccc(C(F)(F)F)cc1. The van der Waals surface area contributed by atoms with Crippen LogP contribution in [0.5, 0.6) is 0 Å². The van der Waals surface area contributed by atoms with Gasteiger partial charge in [-0.2, -0.15) is 18.4 Å². The number of hydrogen-bond donors (Lipinski definition) is 1. The molecule has 2 aliphatic rings. The molecule has 168 valence electrons. The lowest BCUT2D eigenvalue weighted by Crippen LogP contribution is -2.38. The van der Waals surface area contributed by atoms with Gasteiger partial charge in [-0.05, 0) is 36.6 Å². The number of nitriles is 1. The number of nitro groups is 1. The van der Waals surface area contributed by atoms with Crippen molar-refractivity contribution < 1.29 is 22.9 Å². The molecule has 1 atom stereocenters. The van der Waals surface area contributed by atoms with Gasteiger partial charge in [-0.3, -0.25) is 19.8 Å². The molecule has 0 amide bonds. The molecule has 1 heterocycles. The molecule has 0 saturated heterocycles. The number of nitrogens with zero attached hydrogens (tertiary/aromatic N) is 3. The number of anilines is 1. The number of nitro benzene ring substituents is 1. The van der Waals surface area contributed by atoms with E-state index in [0.29, 0.717) is 29.8 Å². The minimum atomic E-state index is -4.53. The number of allylic oxidation sites excluding steroid dienone is 3. The van der Waals surface area contributed by atoms with Crippen LogP contribution in [0.4, 0.5) is 24.5 Å². The number of carbonyl (C=O) groups excluding carboxylic acids is 1. The van der Waals surface area contributed by atoms with Crippen LogP contribution in [0.3, 0.4) is 0 Å². The predicted molar refractivity (Wildman–Crippen MR) is 112 cm³/mol. The molecular weight excluding hydrogens is 437 g/mol. The Kier molecular flexibility index (Phi) is 5.41. The highest BCUT2D eigenvalue weighted by atomic mass is 19.4. The lowest BCUT2D eigenvalue weighted by atomic mass is 9.75. The highest BCUT2D eigenvalue weighted by molar-refractivity contribution is 6.01. The van der Waals surface area contributed by atoms with E-state index in [1.807, 2.05) is 6.07 Å².